The molecule has 0 aliphatic heterocycles. The van der Waals surface area contributed by atoms with Gasteiger partial charge in [0.1, 0.15) is 0 Å². The van der Waals surface area contributed by atoms with Crippen molar-refractivity contribution in [1.29, 1.82) is 0 Å². The van der Waals surface area contributed by atoms with Crippen molar-refractivity contribution in [3.8, 4) is 0 Å². The van der Waals surface area contributed by atoms with Crippen molar-refractivity contribution in [3.63, 3.8) is 0 Å². The molecule has 3 rings (SSSR count). The van der Waals surface area contributed by atoms with Gasteiger partial charge in [-0.05, 0) is 61.0 Å². The second-order valence-electron chi connectivity index (χ2n) is 6.25. The van der Waals surface area contributed by atoms with Crippen LogP contribution in [0.1, 0.15) is 33.9 Å². The number of hydrogen-bond acceptors (Lipinski definition) is 2. The van der Waals surface area contributed by atoms with Gasteiger partial charge in [-0.1, -0.05) is 53.0 Å². The number of anilines is 1. The second kappa shape index (κ2) is 8.39. The Bertz CT molecular complexity index is 872. The maximum absolute atomic E-state index is 12.7. The number of carbonyl (C=O) groups is 1. The molecule has 0 radical (unpaired) electrons. The minimum atomic E-state index is -0.154. The van der Waals surface area contributed by atoms with Crippen molar-refractivity contribution in [2.75, 3.05) is 5.32 Å². The average molecular weight is 384 g/mol. The van der Waals surface area contributed by atoms with Crippen molar-refractivity contribution in [3.05, 3.63) is 99.5 Å². The quantitative estimate of drug-likeness (QED) is 0.478. The van der Waals surface area contributed by atoms with Crippen molar-refractivity contribution >= 4 is 34.7 Å². The molecule has 2 nitrogen and oxygen atoms in total. The van der Waals surface area contributed by atoms with Gasteiger partial charge in [-0.15, -0.1) is 0 Å². The van der Waals surface area contributed by atoms with Crippen molar-refractivity contribution in [2.45, 2.75) is 19.4 Å². The highest BCUT2D eigenvalue weighted by atomic mass is 35.5. The van der Waals surface area contributed by atoms with Gasteiger partial charge in [0, 0.05) is 27.7 Å². The largest absolute Gasteiger partial charge is 0.378 e. The Morgan fingerprint density at radius 3 is 1.96 bits per heavy atom. The number of ketones is 1. The number of benzene rings is 3. The molecule has 0 saturated heterocycles. The van der Waals surface area contributed by atoms with Crippen LogP contribution < -0.4 is 5.32 Å². The second-order valence-corrected chi connectivity index (χ2v) is 7.12. The van der Waals surface area contributed by atoms with E-state index in [-0.39, 0.29) is 11.8 Å². The fourth-order valence-corrected chi connectivity index (χ4v) is 2.99. The van der Waals surface area contributed by atoms with E-state index in [4.69, 9.17) is 23.2 Å². The molecule has 1 unspecified atom stereocenters. The number of carbonyl (C=O) groups excluding carboxylic acids is 1. The third kappa shape index (κ3) is 4.87. The Labute approximate surface area is 163 Å². The minimum Gasteiger partial charge on any atom is -0.378 e. The summed E-state index contributed by atoms with van der Waals surface area (Å²) in [6.07, 6.45) is 0.330. The molecule has 0 aliphatic carbocycles. The van der Waals surface area contributed by atoms with E-state index in [1.54, 1.807) is 24.3 Å². The first-order valence-corrected chi connectivity index (χ1v) is 9.14. The molecule has 0 fully saturated rings. The number of hydrogen-bond donors (Lipinski definition) is 1. The van der Waals surface area contributed by atoms with Gasteiger partial charge in [0.05, 0.1) is 6.04 Å². The highest BCUT2D eigenvalue weighted by Crippen LogP contribution is 2.26. The van der Waals surface area contributed by atoms with E-state index in [9.17, 15) is 4.79 Å². The molecule has 0 saturated carbocycles. The van der Waals surface area contributed by atoms with Crippen molar-refractivity contribution in [1.82, 2.24) is 0 Å². The fourth-order valence-electron chi connectivity index (χ4n) is 2.74. The van der Waals surface area contributed by atoms with Crippen LogP contribution in [-0.2, 0) is 0 Å². The van der Waals surface area contributed by atoms with Crippen LogP contribution >= 0.6 is 23.2 Å². The van der Waals surface area contributed by atoms with E-state index in [1.165, 1.54) is 5.56 Å². The van der Waals surface area contributed by atoms with Crippen LogP contribution in [0.2, 0.25) is 10.0 Å². The summed E-state index contributed by atoms with van der Waals surface area (Å²) in [5, 5.41) is 4.76. The maximum atomic E-state index is 12.7. The molecule has 132 valence electrons. The zero-order valence-electron chi connectivity index (χ0n) is 14.4. The normalized spacial score (nSPS) is 11.8. The first-order valence-electron chi connectivity index (χ1n) is 8.39. The smallest absolute Gasteiger partial charge is 0.165 e. The monoisotopic (exact) mass is 383 g/mol. The van der Waals surface area contributed by atoms with Crippen LogP contribution in [0.25, 0.3) is 0 Å². The summed E-state index contributed by atoms with van der Waals surface area (Å²) in [6.45, 7) is 2.05. The van der Waals surface area contributed by atoms with E-state index in [0.717, 1.165) is 11.3 Å². The molecular weight excluding hydrogens is 365 g/mol. The molecular formula is C22H19Cl2NO. The topological polar surface area (TPSA) is 29.1 Å². The van der Waals surface area contributed by atoms with Crippen molar-refractivity contribution in [2.24, 2.45) is 0 Å². The van der Waals surface area contributed by atoms with Crippen molar-refractivity contribution < 1.29 is 4.79 Å². The summed E-state index contributed by atoms with van der Waals surface area (Å²) in [4.78, 5) is 12.7. The zero-order valence-corrected chi connectivity index (χ0v) is 15.9. The summed E-state index contributed by atoms with van der Waals surface area (Å²) in [7, 11) is 0. The predicted octanol–water partition coefficient (Wildman–Crippen LogP) is 6.73. The van der Waals surface area contributed by atoms with Gasteiger partial charge in [0.25, 0.3) is 0 Å². The third-order valence-electron chi connectivity index (χ3n) is 4.22. The Morgan fingerprint density at radius 2 is 1.38 bits per heavy atom. The van der Waals surface area contributed by atoms with Gasteiger partial charge in [-0.25, -0.2) is 0 Å². The number of halogens is 2. The van der Waals surface area contributed by atoms with E-state index >= 15 is 0 Å². The summed E-state index contributed by atoms with van der Waals surface area (Å²) >= 11 is 11.9. The lowest BCUT2D eigenvalue weighted by Gasteiger charge is -2.20. The van der Waals surface area contributed by atoms with Crippen LogP contribution in [-0.4, -0.2) is 5.78 Å². The Kier molecular flexibility index (Phi) is 5.97. The molecule has 4 heteroatoms. The summed E-state index contributed by atoms with van der Waals surface area (Å²) in [5.74, 6) is 0.0567. The SMILES string of the molecule is Cc1ccc(NC(CC(=O)c2ccc(Cl)cc2)c2ccc(Cl)cc2)cc1. The number of rotatable bonds is 6. The molecule has 0 amide bonds. The van der Waals surface area contributed by atoms with Crippen LogP contribution in [0.15, 0.2) is 72.8 Å². The van der Waals surface area contributed by atoms with Gasteiger partial charge in [-0.3, -0.25) is 4.79 Å². The van der Waals surface area contributed by atoms with Gasteiger partial charge >= 0.3 is 0 Å². The Balaban J connectivity index is 1.84. The number of nitrogens with one attached hydrogen (secondary N) is 1. The van der Waals surface area contributed by atoms with Crippen LogP contribution in [0.5, 0.6) is 0 Å². The lowest BCUT2D eigenvalue weighted by molar-refractivity contribution is 0.0976. The Morgan fingerprint density at radius 1 is 0.846 bits per heavy atom. The molecule has 3 aromatic rings. The first kappa shape index (κ1) is 18.5. The highest BCUT2D eigenvalue weighted by molar-refractivity contribution is 6.30. The van der Waals surface area contributed by atoms with Gasteiger partial charge in [0.15, 0.2) is 5.78 Å². The average Bonchev–Trinajstić information content (AvgIpc) is 2.64. The molecule has 1 N–H and O–H groups in total. The van der Waals surface area contributed by atoms with Gasteiger partial charge < -0.3 is 5.32 Å². The highest BCUT2D eigenvalue weighted by Gasteiger charge is 2.17. The molecule has 0 aliphatic rings. The molecule has 0 aromatic heterocycles. The summed E-state index contributed by atoms with van der Waals surface area (Å²) in [6, 6.07) is 22.5. The van der Waals surface area contributed by atoms with Gasteiger partial charge in [-0.2, -0.15) is 0 Å². The third-order valence-corrected chi connectivity index (χ3v) is 4.72. The lowest BCUT2D eigenvalue weighted by Crippen LogP contribution is -2.15. The standard InChI is InChI=1S/C22H19Cl2NO/c1-15-2-12-20(13-3-15)25-21(16-4-8-18(23)9-5-16)14-22(26)17-6-10-19(24)11-7-17/h2-13,21,25H,14H2,1H3. The predicted molar refractivity (Wildman–Crippen MR) is 109 cm³/mol. The molecule has 1 atom stereocenters. The molecule has 0 heterocycles. The molecule has 0 bridgehead atoms. The maximum Gasteiger partial charge on any atom is 0.165 e. The van der Waals surface area contributed by atoms with E-state index in [1.807, 2.05) is 55.5 Å². The van der Waals surface area contributed by atoms with Crippen LogP contribution in [0, 0.1) is 6.92 Å². The number of Topliss-reactive ketones (excluding diaryl/α,β-unsaturated/α-hetero) is 1. The zero-order chi connectivity index (χ0) is 18.5. The summed E-state index contributed by atoms with van der Waals surface area (Å²) in [5.41, 5.74) is 3.83. The van der Waals surface area contributed by atoms with E-state index in [0.29, 0.717) is 22.0 Å². The van der Waals surface area contributed by atoms with E-state index in [2.05, 4.69) is 5.32 Å². The summed E-state index contributed by atoms with van der Waals surface area (Å²) < 4.78 is 0. The number of aryl methyl sites for hydroxylation is 1. The molecule has 26 heavy (non-hydrogen) atoms. The van der Waals surface area contributed by atoms with Gasteiger partial charge in [0.2, 0.25) is 0 Å². The van der Waals surface area contributed by atoms with Crippen LogP contribution in [0.4, 0.5) is 5.69 Å². The minimum absolute atomic E-state index is 0.0567. The molecule has 3 aromatic carbocycles. The van der Waals surface area contributed by atoms with Crippen LogP contribution in [0.3, 0.4) is 0 Å². The molecule has 0 spiro atoms. The first-order chi connectivity index (χ1) is 12.5. The van der Waals surface area contributed by atoms with E-state index < -0.39 is 0 Å². The Hall–Kier alpha value is -2.29. The lowest BCUT2D eigenvalue weighted by atomic mass is 9.97. The fraction of sp³-hybridized carbons (Fsp3) is 0.136.